The largest absolute Gasteiger partial charge is 0.482 e. The lowest BCUT2D eigenvalue weighted by molar-refractivity contribution is -0.118. The van der Waals surface area contributed by atoms with Crippen LogP contribution in [0.1, 0.15) is 17.5 Å². The number of cyclic esters (lactones) is 1. The predicted molar refractivity (Wildman–Crippen MR) is 118 cm³/mol. The molecule has 0 radical (unpaired) electrons. The van der Waals surface area contributed by atoms with Crippen molar-refractivity contribution in [3.63, 3.8) is 0 Å². The average Bonchev–Trinajstić information content (AvgIpc) is 3.36. The van der Waals surface area contributed by atoms with Crippen LogP contribution in [-0.2, 0) is 22.4 Å². The maximum absolute atomic E-state index is 12.5. The molecule has 2 aromatic carbocycles. The van der Waals surface area contributed by atoms with Gasteiger partial charge in [-0.2, -0.15) is 0 Å². The molecule has 162 valence electrons. The van der Waals surface area contributed by atoms with Crippen molar-refractivity contribution in [2.45, 2.75) is 31.4 Å². The fraction of sp³-hybridized carbons (Fsp3) is 0.391. The second-order valence-corrected chi connectivity index (χ2v) is 8.75. The van der Waals surface area contributed by atoms with Crippen LogP contribution in [-0.4, -0.2) is 55.8 Å². The van der Waals surface area contributed by atoms with Crippen LogP contribution >= 0.6 is 11.6 Å². The van der Waals surface area contributed by atoms with Gasteiger partial charge in [-0.15, -0.1) is 0 Å². The van der Waals surface area contributed by atoms with Gasteiger partial charge in [0, 0.05) is 23.3 Å². The lowest BCUT2D eigenvalue weighted by atomic mass is 10.1. The van der Waals surface area contributed by atoms with E-state index in [-0.39, 0.29) is 24.7 Å². The number of nitrogens with one attached hydrogen (secondary N) is 1. The number of halogens is 1. The molecule has 0 saturated carbocycles. The Hall–Kier alpha value is -2.77. The summed E-state index contributed by atoms with van der Waals surface area (Å²) >= 11 is 6.35. The molecule has 2 amide bonds. The second-order valence-electron chi connectivity index (χ2n) is 8.34. The van der Waals surface area contributed by atoms with Gasteiger partial charge in [0.05, 0.1) is 12.2 Å². The van der Waals surface area contributed by atoms with Gasteiger partial charge in [0.25, 0.3) is 5.91 Å². The Morgan fingerprint density at radius 3 is 2.94 bits per heavy atom. The molecule has 2 aromatic rings. The number of rotatable bonds is 5. The SMILES string of the molecule is CN(CCC1CN(c2ccc3c(c2)NC(=O)CO3)C(=O)O1)C1Cc2cccc(Cl)c2C1. The lowest BCUT2D eigenvalue weighted by Gasteiger charge is -2.25. The first-order valence-electron chi connectivity index (χ1n) is 10.5. The van der Waals surface area contributed by atoms with Gasteiger partial charge < -0.3 is 19.7 Å². The summed E-state index contributed by atoms with van der Waals surface area (Å²) in [5, 5.41) is 3.62. The quantitative estimate of drug-likeness (QED) is 0.769. The number of likely N-dealkylation sites (N-methyl/N-ethyl adjacent to an activating group) is 1. The first kappa shape index (κ1) is 20.2. The summed E-state index contributed by atoms with van der Waals surface area (Å²) in [6.07, 6.45) is 2.15. The van der Waals surface area contributed by atoms with Crippen molar-refractivity contribution >= 4 is 35.0 Å². The number of hydrogen-bond acceptors (Lipinski definition) is 5. The Labute approximate surface area is 185 Å². The summed E-state index contributed by atoms with van der Waals surface area (Å²) in [4.78, 5) is 28.0. The number of nitrogens with zero attached hydrogens (tertiary/aromatic N) is 2. The van der Waals surface area contributed by atoms with Gasteiger partial charge in [0.2, 0.25) is 0 Å². The molecule has 0 aromatic heterocycles. The molecule has 0 bridgehead atoms. The van der Waals surface area contributed by atoms with Crippen molar-refractivity contribution in [2.75, 3.05) is 37.0 Å². The van der Waals surface area contributed by atoms with Gasteiger partial charge in [-0.3, -0.25) is 9.69 Å². The highest BCUT2D eigenvalue weighted by Crippen LogP contribution is 2.34. The molecule has 1 fully saturated rings. The van der Waals surface area contributed by atoms with E-state index in [0.29, 0.717) is 29.7 Å². The van der Waals surface area contributed by atoms with E-state index in [4.69, 9.17) is 21.1 Å². The Kier molecular flexibility index (Phi) is 5.24. The van der Waals surface area contributed by atoms with Gasteiger partial charge in [0.1, 0.15) is 11.9 Å². The second kappa shape index (κ2) is 8.05. The maximum atomic E-state index is 12.5. The number of carbonyl (C=O) groups excluding carboxylic acids is 2. The summed E-state index contributed by atoms with van der Waals surface area (Å²) in [6.45, 7) is 1.32. The zero-order valence-electron chi connectivity index (χ0n) is 17.3. The van der Waals surface area contributed by atoms with E-state index in [1.165, 1.54) is 11.1 Å². The highest BCUT2D eigenvalue weighted by Gasteiger charge is 2.34. The molecule has 1 saturated heterocycles. The minimum absolute atomic E-state index is 0.00593. The van der Waals surface area contributed by atoms with Crippen LogP contribution in [0, 0.1) is 0 Å². The van der Waals surface area contributed by atoms with E-state index in [2.05, 4.69) is 23.3 Å². The number of fused-ring (bicyclic) bond motifs is 2. The lowest BCUT2D eigenvalue weighted by Crippen LogP contribution is -2.35. The van der Waals surface area contributed by atoms with Crippen LogP contribution in [0.15, 0.2) is 36.4 Å². The molecule has 8 heteroatoms. The van der Waals surface area contributed by atoms with Crippen molar-refractivity contribution in [2.24, 2.45) is 0 Å². The standard InChI is InChI=1S/C23H24ClN3O4/c1-26(16-9-14-3-2-4-19(24)18(14)10-16)8-7-17-12-27(23(29)31-17)15-5-6-21-20(11-15)25-22(28)13-30-21/h2-6,11,16-17H,7-10,12-13H2,1H3,(H,25,28). The smallest absolute Gasteiger partial charge is 0.414 e. The number of amides is 2. The van der Waals surface area contributed by atoms with Crippen LogP contribution in [0.3, 0.4) is 0 Å². The first-order valence-corrected chi connectivity index (χ1v) is 10.9. The van der Waals surface area contributed by atoms with Crippen molar-refractivity contribution in [3.8, 4) is 5.75 Å². The number of anilines is 2. The van der Waals surface area contributed by atoms with E-state index in [9.17, 15) is 9.59 Å². The molecule has 2 aliphatic heterocycles. The molecule has 1 N–H and O–H groups in total. The maximum Gasteiger partial charge on any atom is 0.414 e. The molecule has 31 heavy (non-hydrogen) atoms. The van der Waals surface area contributed by atoms with Gasteiger partial charge in [-0.05, 0) is 61.7 Å². The molecule has 5 rings (SSSR count). The molecule has 7 nitrogen and oxygen atoms in total. The molecule has 2 unspecified atom stereocenters. The summed E-state index contributed by atoms with van der Waals surface area (Å²) in [5.41, 5.74) is 3.84. The van der Waals surface area contributed by atoms with Gasteiger partial charge in [0.15, 0.2) is 6.61 Å². The van der Waals surface area contributed by atoms with Crippen molar-refractivity contribution in [1.29, 1.82) is 0 Å². The van der Waals surface area contributed by atoms with Crippen LogP contribution < -0.4 is 15.0 Å². The zero-order chi connectivity index (χ0) is 21.5. The molecule has 0 spiro atoms. The highest BCUT2D eigenvalue weighted by molar-refractivity contribution is 6.31. The van der Waals surface area contributed by atoms with Crippen LogP contribution in [0.2, 0.25) is 5.02 Å². The monoisotopic (exact) mass is 441 g/mol. The summed E-state index contributed by atoms with van der Waals surface area (Å²) in [5.74, 6) is 0.400. The van der Waals surface area contributed by atoms with E-state index in [0.717, 1.165) is 30.8 Å². The van der Waals surface area contributed by atoms with E-state index >= 15 is 0 Å². The fourth-order valence-corrected chi connectivity index (χ4v) is 4.82. The van der Waals surface area contributed by atoms with Gasteiger partial charge in [-0.25, -0.2) is 4.79 Å². The molecule has 1 aliphatic carbocycles. The fourth-order valence-electron chi connectivity index (χ4n) is 4.55. The molecule has 3 aliphatic rings. The Morgan fingerprint density at radius 1 is 1.23 bits per heavy atom. The van der Waals surface area contributed by atoms with Crippen molar-refractivity contribution in [3.05, 3.63) is 52.5 Å². The third kappa shape index (κ3) is 3.95. The van der Waals surface area contributed by atoms with Crippen LogP contribution in [0.25, 0.3) is 0 Å². The van der Waals surface area contributed by atoms with Crippen molar-refractivity contribution in [1.82, 2.24) is 4.90 Å². The Bertz CT molecular complexity index is 1040. The Morgan fingerprint density at radius 2 is 2.10 bits per heavy atom. The molecular weight excluding hydrogens is 418 g/mol. The number of benzene rings is 2. The topological polar surface area (TPSA) is 71.1 Å². The normalized spacial score (nSPS) is 22.1. The third-order valence-electron chi connectivity index (χ3n) is 6.32. The average molecular weight is 442 g/mol. The molecule has 2 atom stereocenters. The highest BCUT2D eigenvalue weighted by atomic mass is 35.5. The zero-order valence-corrected chi connectivity index (χ0v) is 18.0. The predicted octanol–water partition coefficient (Wildman–Crippen LogP) is 3.49. The van der Waals surface area contributed by atoms with E-state index in [1.54, 1.807) is 17.0 Å². The van der Waals surface area contributed by atoms with Crippen LogP contribution in [0.4, 0.5) is 16.2 Å². The summed E-state index contributed by atoms with van der Waals surface area (Å²) in [7, 11) is 2.12. The van der Waals surface area contributed by atoms with E-state index < -0.39 is 0 Å². The van der Waals surface area contributed by atoms with E-state index in [1.807, 2.05) is 18.2 Å². The molecular formula is C23H24ClN3O4. The van der Waals surface area contributed by atoms with Crippen molar-refractivity contribution < 1.29 is 19.1 Å². The van der Waals surface area contributed by atoms with Crippen LogP contribution in [0.5, 0.6) is 5.75 Å². The van der Waals surface area contributed by atoms with Gasteiger partial charge in [-0.1, -0.05) is 23.7 Å². The molecule has 2 heterocycles. The first-order chi connectivity index (χ1) is 15.0. The number of hydrogen-bond donors (Lipinski definition) is 1. The number of carbonyl (C=O) groups is 2. The van der Waals surface area contributed by atoms with Gasteiger partial charge >= 0.3 is 6.09 Å². The summed E-state index contributed by atoms with van der Waals surface area (Å²) in [6, 6.07) is 11.8. The number of ether oxygens (including phenoxy) is 2. The minimum Gasteiger partial charge on any atom is -0.482 e. The minimum atomic E-state index is -0.365. The Balaban J connectivity index is 1.18. The summed E-state index contributed by atoms with van der Waals surface area (Å²) < 4.78 is 11.0. The third-order valence-corrected chi connectivity index (χ3v) is 6.67.